The van der Waals surface area contributed by atoms with E-state index in [0.29, 0.717) is 75.0 Å². The monoisotopic (exact) mass is 1140 g/mol. The first-order valence-electron chi connectivity index (χ1n) is 33.4. The van der Waals surface area contributed by atoms with E-state index in [1.165, 1.54) is 116 Å². The van der Waals surface area contributed by atoms with E-state index in [1.54, 1.807) is 0 Å². The van der Waals surface area contributed by atoms with Crippen LogP contribution in [0.4, 0.5) is 11.4 Å². The molecule has 0 spiro atoms. The maximum Gasteiger partial charge on any atom is 0.308 e. The van der Waals surface area contributed by atoms with Gasteiger partial charge in [0.2, 0.25) is 11.5 Å². The van der Waals surface area contributed by atoms with E-state index in [1.807, 2.05) is 44.5 Å². The van der Waals surface area contributed by atoms with Gasteiger partial charge in [-0.3, -0.25) is 14.8 Å². The van der Waals surface area contributed by atoms with Crippen LogP contribution in [0.3, 0.4) is 0 Å². The molecule has 4 aromatic carbocycles. The molecule has 462 valence electrons. The minimum atomic E-state index is -0.136. The number of benzene rings is 4. The molecule has 1 unspecified atom stereocenters. The molecule has 1 atom stereocenters. The first-order valence-corrected chi connectivity index (χ1v) is 33.4. The van der Waals surface area contributed by atoms with Crippen LogP contribution in [-0.4, -0.2) is 64.6 Å². The largest absolute Gasteiger partial charge is 0.490 e. The zero-order chi connectivity index (χ0) is 59.2. The standard InChI is InChI=1S/C73H112N2O8/c1-8-14-19-24-26-28-30-35-54-80-70-64(44-50-68(78-52-37-38-57-83-73(76)60(7)13-6)72(70)82-56-36-31-29-27-25-20-15-9-2)59-75-66-47-41-62(42-48-66)61-39-45-65(46-40-61)74-58-63-43-49-67(77-51-32-21-16-10-3)71(81-55-34-23-18-12-5)69(63)79-53-33-22-17-11-4/h39-50,58-60H,8-38,51-57H2,1-7H3. The van der Waals surface area contributed by atoms with E-state index in [0.717, 1.165) is 123 Å². The normalized spacial score (nSPS) is 11.8. The molecule has 83 heavy (non-hydrogen) atoms. The van der Waals surface area contributed by atoms with E-state index < -0.39 is 0 Å². The molecule has 0 aliphatic carbocycles. The van der Waals surface area contributed by atoms with Gasteiger partial charge in [-0.15, -0.1) is 0 Å². The SMILES string of the molecule is CCCCCCCCCCOc1c(C=Nc2ccc(-c3ccc(N=Cc4ccc(OCCCCCC)c(OCCCCCC)c4OCCCCCC)cc3)cc2)ccc(OCCCCOC(=O)C(C)CC)c1OCCCCCCCCCC. The Hall–Kier alpha value is -5.51. The Morgan fingerprint density at radius 3 is 0.988 bits per heavy atom. The van der Waals surface area contributed by atoms with Gasteiger partial charge in [0.15, 0.2) is 23.0 Å². The number of hydrogen-bond acceptors (Lipinski definition) is 10. The van der Waals surface area contributed by atoms with Crippen LogP contribution in [0, 0.1) is 5.92 Å². The fraction of sp³-hybridized carbons (Fsp3) is 0.630. The summed E-state index contributed by atoms with van der Waals surface area (Å²) in [6.45, 7) is 19.0. The smallest absolute Gasteiger partial charge is 0.308 e. The minimum absolute atomic E-state index is 0.0877. The molecule has 0 amide bonds. The number of carbonyl (C=O) groups is 1. The molecule has 4 rings (SSSR count). The summed E-state index contributed by atoms with van der Waals surface area (Å²) in [4.78, 5) is 22.2. The lowest BCUT2D eigenvalue weighted by atomic mass is 10.1. The Morgan fingerprint density at radius 2 is 0.639 bits per heavy atom. The lowest BCUT2D eigenvalue weighted by Crippen LogP contribution is -2.15. The summed E-state index contributed by atoms with van der Waals surface area (Å²) in [6, 6.07) is 24.8. The van der Waals surface area contributed by atoms with Crippen molar-refractivity contribution in [1.29, 1.82) is 0 Å². The number of esters is 1. The van der Waals surface area contributed by atoms with Gasteiger partial charge in [-0.1, -0.05) is 220 Å². The molecule has 0 radical (unpaired) electrons. The number of ether oxygens (including phenoxy) is 7. The number of aliphatic imine (C=N–C) groups is 2. The predicted molar refractivity (Wildman–Crippen MR) is 350 cm³/mol. The van der Waals surface area contributed by atoms with Gasteiger partial charge in [0.1, 0.15) is 0 Å². The highest BCUT2D eigenvalue weighted by Crippen LogP contribution is 2.42. The third-order valence-corrected chi connectivity index (χ3v) is 15.3. The Bertz CT molecular complexity index is 2330. The van der Waals surface area contributed by atoms with E-state index in [4.69, 9.17) is 43.1 Å². The second-order valence-corrected chi connectivity index (χ2v) is 22.6. The number of rotatable bonds is 51. The minimum Gasteiger partial charge on any atom is -0.490 e. The van der Waals surface area contributed by atoms with Crippen LogP contribution in [0.1, 0.15) is 259 Å². The van der Waals surface area contributed by atoms with Gasteiger partial charge in [0.05, 0.1) is 63.5 Å². The molecule has 0 aliphatic rings. The van der Waals surface area contributed by atoms with Crippen molar-refractivity contribution in [2.75, 3.05) is 46.2 Å². The highest BCUT2D eigenvalue weighted by Gasteiger charge is 2.20. The van der Waals surface area contributed by atoms with Crippen LogP contribution in [0.2, 0.25) is 0 Å². The molecule has 0 aromatic heterocycles. The van der Waals surface area contributed by atoms with Crippen LogP contribution >= 0.6 is 0 Å². The third-order valence-electron chi connectivity index (χ3n) is 15.3. The second kappa shape index (κ2) is 45.9. The fourth-order valence-corrected chi connectivity index (χ4v) is 9.69. The van der Waals surface area contributed by atoms with Crippen molar-refractivity contribution >= 4 is 29.8 Å². The Balaban J connectivity index is 1.54. The van der Waals surface area contributed by atoms with Crippen LogP contribution in [0.25, 0.3) is 11.1 Å². The molecular weight excluding hydrogens is 1030 g/mol. The first kappa shape index (κ1) is 70.0. The number of nitrogens with zero attached hydrogens (tertiary/aromatic N) is 2. The fourth-order valence-electron chi connectivity index (χ4n) is 9.69. The summed E-state index contributed by atoms with van der Waals surface area (Å²) in [7, 11) is 0. The molecule has 0 aliphatic heterocycles. The summed E-state index contributed by atoms with van der Waals surface area (Å²) >= 11 is 0. The molecule has 4 aromatic rings. The predicted octanol–water partition coefficient (Wildman–Crippen LogP) is 21.5. The number of unbranched alkanes of at least 4 members (excludes halogenated alkanes) is 24. The van der Waals surface area contributed by atoms with Crippen molar-refractivity contribution in [2.24, 2.45) is 15.9 Å². The van der Waals surface area contributed by atoms with E-state index in [-0.39, 0.29) is 11.9 Å². The zero-order valence-corrected chi connectivity index (χ0v) is 53.2. The van der Waals surface area contributed by atoms with Gasteiger partial charge in [0.25, 0.3) is 0 Å². The van der Waals surface area contributed by atoms with E-state index in [2.05, 4.69) is 89.2 Å². The molecule has 10 heteroatoms. The lowest BCUT2D eigenvalue weighted by molar-refractivity contribution is -0.148. The third kappa shape index (κ3) is 29.2. The molecule has 0 bridgehead atoms. The molecule has 0 saturated carbocycles. The highest BCUT2D eigenvalue weighted by atomic mass is 16.6. The summed E-state index contributed by atoms with van der Waals surface area (Å²) in [5.74, 6) is 3.90. The van der Waals surface area contributed by atoms with Crippen molar-refractivity contribution in [3.05, 3.63) is 83.9 Å². The van der Waals surface area contributed by atoms with Crippen molar-refractivity contribution in [3.8, 4) is 45.6 Å². The van der Waals surface area contributed by atoms with Crippen molar-refractivity contribution in [1.82, 2.24) is 0 Å². The van der Waals surface area contributed by atoms with Crippen molar-refractivity contribution in [2.45, 2.75) is 248 Å². The second-order valence-electron chi connectivity index (χ2n) is 22.6. The van der Waals surface area contributed by atoms with Crippen LogP contribution < -0.4 is 28.4 Å². The number of hydrogen-bond donors (Lipinski definition) is 0. The summed E-state index contributed by atoms with van der Waals surface area (Å²) < 4.78 is 44.9. The topological polar surface area (TPSA) is 106 Å². The summed E-state index contributed by atoms with van der Waals surface area (Å²) in [5.41, 5.74) is 5.58. The van der Waals surface area contributed by atoms with Gasteiger partial charge in [0, 0.05) is 23.6 Å². The Kier molecular flexibility index (Phi) is 38.7. The van der Waals surface area contributed by atoms with Crippen LogP contribution in [0.5, 0.6) is 34.5 Å². The maximum absolute atomic E-state index is 12.3. The summed E-state index contributed by atoms with van der Waals surface area (Å²) in [6.07, 6.45) is 39.1. The van der Waals surface area contributed by atoms with Crippen molar-refractivity contribution in [3.63, 3.8) is 0 Å². The molecule has 0 fully saturated rings. The van der Waals surface area contributed by atoms with Gasteiger partial charge in [-0.25, -0.2) is 0 Å². The molecule has 0 saturated heterocycles. The zero-order valence-electron chi connectivity index (χ0n) is 53.2. The van der Waals surface area contributed by atoms with Gasteiger partial charge in [-0.2, -0.15) is 0 Å². The maximum atomic E-state index is 12.3. The molecule has 10 nitrogen and oxygen atoms in total. The van der Waals surface area contributed by atoms with Gasteiger partial charge >= 0.3 is 5.97 Å². The molecule has 0 heterocycles. The van der Waals surface area contributed by atoms with E-state index >= 15 is 0 Å². The molecular formula is C73H112N2O8. The van der Waals surface area contributed by atoms with Crippen LogP contribution in [0.15, 0.2) is 82.8 Å². The quantitative estimate of drug-likeness (QED) is 0.0245. The average Bonchev–Trinajstić information content (AvgIpc) is 3.71. The Labute approximate surface area is 504 Å². The Morgan fingerprint density at radius 1 is 0.349 bits per heavy atom. The lowest BCUT2D eigenvalue weighted by Gasteiger charge is -2.19. The first-order chi connectivity index (χ1) is 40.9. The summed E-state index contributed by atoms with van der Waals surface area (Å²) in [5, 5.41) is 0. The average molecular weight is 1150 g/mol. The molecule has 0 N–H and O–H groups in total. The van der Waals surface area contributed by atoms with E-state index in [9.17, 15) is 4.79 Å². The number of carbonyl (C=O) groups excluding carboxylic acids is 1. The van der Waals surface area contributed by atoms with Gasteiger partial charge < -0.3 is 33.2 Å². The van der Waals surface area contributed by atoms with Crippen molar-refractivity contribution < 1.29 is 38.0 Å². The van der Waals surface area contributed by atoms with Crippen LogP contribution in [-0.2, 0) is 9.53 Å². The highest BCUT2D eigenvalue weighted by molar-refractivity contribution is 5.89. The van der Waals surface area contributed by atoms with Gasteiger partial charge in [-0.05, 0) is 111 Å².